The standard InChI is InChI=1S/C33H60O12/c34-29(35)13-5-1-9-21-42-25-17-33(18-26-43-22-10-2-6-14-30(36)37,19-27-44-23-11-3-7-15-31(38)39)20-28-45-24-12-4-8-16-32(40)41/h1-28H2,(H,34,35)(H,36,37)(H,38,39)(H,40,41). The molecule has 0 aliphatic heterocycles. The summed E-state index contributed by atoms with van der Waals surface area (Å²) < 4.78 is 23.8. The number of hydrogen-bond acceptors (Lipinski definition) is 8. The maximum atomic E-state index is 10.7. The summed E-state index contributed by atoms with van der Waals surface area (Å²) in [6.07, 6.45) is 12.8. The third kappa shape index (κ3) is 31.5. The van der Waals surface area contributed by atoms with E-state index in [1.165, 1.54) is 0 Å². The van der Waals surface area contributed by atoms with Crippen molar-refractivity contribution in [3.8, 4) is 0 Å². The zero-order valence-corrected chi connectivity index (χ0v) is 27.4. The van der Waals surface area contributed by atoms with Crippen molar-refractivity contribution in [3.05, 3.63) is 0 Å². The number of carbonyl (C=O) groups is 4. The van der Waals surface area contributed by atoms with Gasteiger partial charge in [-0.3, -0.25) is 19.2 Å². The molecule has 264 valence electrons. The van der Waals surface area contributed by atoms with Crippen LogP contribution in [0.25, 0.3) is 0 Å². The first kappa shape index (κ1) is 42.7. The Morgan fingerprint density at radius 3 is 0.756 bits per heavy atom. The summed E-state index contributed by atoms with van der Waals surface area (Å²) in [5.74, 6) is -3.14. The van der Waals surface area contributed by atoms with E-state index >= 15 is 0 Å². The van der Waals surface area contributed by atoms with Crippen molar-refractivity contribution in [2.75, 3.05) is 52.9 Å². The molecule has 0 aromatic carbocycles. The fourth-order valence-electron chi connectivity index (χ4n) is 4.94. The van der Waals surface area contributed by atoms with Crippen LogP contribution < -0.4 is 0 Å². The van der Waals surface area contributed by atoms with E-state index in [2.05, 4.69) is 0 Å². The van der Waals surface area contributed by atoms with Gasteiger partial charge >= 0.3 is 23.9 Å². The highest BCUT2D eigenvalue weighted by atomic mass is 16.5. The molecule has 12 heteroatoms. The zero-order valence-electron chi connectivity index (χ0n) is 27.4. The quantitative estimate of drug-likeness (QED) is 0.0566. The summed E-state index contributed by atoms with van der Waals surface area (Å²) >= 11 is 0. The van der Waals surface area contributed by atoms with Crippen molar-refractivity contribution >= 4 is 23.9 Å². The van der Waals surface area contributed by atoms with Crippen LogP contribution in [0.15, 0.2) is 0 Å². The maximum Gasteiger partial charge on any atom is 0.303 e. The second-order valence-electron chi connectivity index (χ2n) is 11.8. The summed E-state index contributed by atoms with van der Waals surface area (Å²) in [6, 6.07) is 0. The van der Waals surface area contributed by atoms with E-state index in [1.54, 1.807) is 0 Å². The molecule has 45 heavy (non-hydrogen) atoms. The van der Waals surface area contributed by atoms with Crippen LogP contribution in [0.3, 0.4) is 0 Å². The SMILES string of the molecule is O=C(O)CCCCCOCCC(CCOCCCCCC(=O)O)(CCOCCCCCC(=O)O)CCOCCCCCC(=O)O. The average molecular weight is 649 g/mol. The number of rotatable bonds is 36. The molecule has 0 fully saturated rings. The van der Waals surface area contributed by atoms with Gasteiger partial charge in [0.05, 0.1) is 0 Å². The Morgan fingerprint density at radius 1 is 0.333 bits per heavy atom. The van der Waals surface area contributed by atoms with Crippen molar-refractivity contribution < 1.29 is 58.6 Å². The Balaban J connectivity index is 4.95. The van der Waals surface area contributed by atoms with E-state index < -0.39 is 23.9 Å². The second kappa shape index (κ2) is 30.4. The van der Waals surface area contributed by atoms with Crippen LogP contribution in [0.2, 0.25) is 0 Å². The fraction of sp³-hybridized carbons (Fsp3) is 0.879. The predicted molar refractivity (Wildman–Crippen MR) is 169 cm³/mol. The van der Waals surface area contributed by atoms with E-state index in [4.69, 9.17) is 39.4 Å². The Bertz CT molecular complexity index is 632. The van der Waals surface area contributed by atoms with Crippen molar-refractivity contribution in [3.63, 3.8) is 0 Å². The van der Waals surface area contributed by atoms with Crippen LogP contribution in [0.4, 0.5) is 0 Å². The molecule has 0 amide bonds. The number of unbranched alkanes of at least 4 members (excludes halogenated alkanes) is 8. The first-order valence-electron chi connectivity index (χ1n) is 16.8. The Hall–Kier alpha value is -2.28. The number of carboxylic acids is 4. The normalized spacial score (nSPS) is 11.6. The van der Waals surface area contributed by atoms with Gasteiger partial charge < -0.3 is 39.4 Å². The van der Waals surface area contributed by atoms with E-state index in [-0.39, 0.29) is 31.1 Å². The molecule has 4 N–H and O–H groups in total. The minimum absolute atomic E-state index is 0.154. The third-order valence-electron chi connectivity index (χ3n) is 7.82. The Labute approximate surface area is 269 Å². The van der Waals surface area contributed by atoms with Gasteiger partial charge in [0.25, 0.3) is 0 Å². The lowest BCUT2D eigenvalue weighted by Crippen LogP contribution is -2.29. The van der Waals surface area contributed by atoms with E-state index in [0.717, 1.165) is 77.0 Å². The van der Waals surface area contributed by atoms with E-state index in [0.29, 0.717) is 78.5 Å². The van der Waals surface area contributed by atoms with Gasteiger partial charge in [0.15, 0.2) is 0 Å². The molecule has 0 aliphatic carbocycles. The lowest BCUT2D eigenvalue weighted by atomic mass is 9.76. The van der Waals surface area contributed by atoms with Crippen LogP contribution >= 0.6 is 0 Å². The molecule has 0 heterocycles. The first-order valence-corrected chi connectivity index (χ1v) is 16.8. The van der Waals surface area contributed by atoms with Gasteiger partial charge in [-0.15, -0.1) is 0 Å². The van der Waals surface area contributed by atoms with Gasteiger partial charge in [-0.25, -0.2) is 0 Å². The van der Waals surface area contributed by atoms with Crippen molar-refractivity contribution in [2.24, 2.45) is 5.41 Å². The molecule has 0 rings (SSSR count). The number of hydrogen-bond donors (Lipinski definition) is 4. The van der Waals surface area contributed by atoms with Gasteiger partial charge in [0, 0.05) is 78.5 Å². The van der Waals surface area contributed by atoms with Gasteiger partial charge in [-0.1, -0.05) is 25.7 Å². The molecule has 0 saturated heterocycles. The molecular weight excluding hydrogens is 588 g/mol. The predicted octanol–water partition coefficient (Wildman–Crippen LogP) is 6.18. The number of carboxylic acid groups (broad SMARTS) is 4. The molecule has 0 aromatic heterocycles. The summed E-state index contributed by atoms with van der Waals surface area (Å²) in [6.45, 7) is 4.50. The lowest BCUT2D eigenvalue weighted by Gasteiger charge is -2.34. The second-order valence-corrected chi connectivity index (χ2v) is 11.8. The molecular formula is C33H60O12. The van der Waals surface area contributed by atoms with Crippen LogP contribution in [0.5, 0.6) is 0 Å². The number of aliphatic carboxylic acids is 4. The first-order chi connectivity index (χ1) is 21.7. The molecule has 0 aliphatic rings. The summed E-state index contributed by atoms with van der Waals surface area (Å²) in [4.78, 5) is 42.9. The molecule has 0 bridgehead atoms. The molecule has 12 nitrogen and oxygen atoms in total. The maximum absolute atomic E-state index is 10.7. The highest BCUT2D eigenvalue weighted by Crippen LogP contribution is 2.36. The lowest BCUT2D eigenvalue weighted by molar-refractivity contribution is -0.138. The van der Waals surface area contributed by atoms with Crippen LogP contribution in [0.1, 0.15) is 128 Å². The summed E-state index contributed by atoms with van der Waals surface area (Å²) in [7, 11) is 0. The van der Waals surface area contributed by atoms with Gasteiger partial charge in [0.2, 0.25) is 0 Å². The zero-order chi connectivity index (χ0) is 33.4. The van der Waals surface area contributed by atoms with Crippen molar-refractivity contribution in [2.45, 2.75) is 128 Å². The molecule has 0 unspecified atom stereocenters. The van der Waals surface area contributed by atoms with Gasteiger partial charge in [-0.2, -0.15) is 0 Å². The summed E-state index contributed by atoms with van der Waals surface area (Å²) in [5.41, 5.74) is -0.154. The Morgan fingerprint density at radius 2 is 0.556 bits per heavy atom. The minimum Gasteiger partial charge on any atom is -0.481 e. The molecule has 0 atom stereocenters. The van der Waals surface area contributed by atoms with Crippen LogP contribution in [-0.2, 0) is 38.1 Å². The molecule has 0 aromatic rings. The van der Waals surface area contributed by atoms with E-state index in [1.807, 2.05) is 0 Å². The van der Waals surface area contributed by atoms with Crippen molar-refractivity contribution in [1.82, 2.24) is 0 Å². The molecule has 0 spiro atoms. The molecule has 0 radical (unpaired) electrons. The van der Waals surface area contributed by atoms with E-state index in [9.17, 15) is 19.2 Å². The number of ether oxygens (including phenoxy) is 4. The smallest absolute Gasteiger partial charge is 0.303 e. The van der Waals surface area contributed by atoms with Gasteiger partial charge in [-0.05, 0) is 82.5 Å². The third-order valence-corrected chi connectivity index (χ3v) is 7.82. The largest absolute Gasteiger partial charge is 0.481 e. The average Bonchev–Trinajstić information content (AvgIpc) is 2.97. The van der Waals surface area contributed by atoms with Crippen LogP contribution in [-0.4, -0.2) is 97.2 Å². The highest BCUT2D eigenvalue weighted by molar-refractivity contribution is 5.67. The van der Waals surface area contributed by atoms with Crippen LogP contribution in [0, 0.1) is 5.41 Å². The summed E-state index contributed by atoms with van der Waals surface area (Å²) in [5, 5.41) is 35.2. The van der Waals surface area contributed by atoms with Gasteiger partial charge in [0.1, 0.15) is 0 Å². The van der Waals surface area contributed by atoms with Crippen molar-refractivity contribution in [1.29, 1.82) is 0 Å². The topological polar surface area (TPSA) is 186 Å². The fourth-order valence-corrected chi connectivity index (χ4v) is 4.94. The monoisotopic (exact) mass is 648 g/mol. The Kier molecular flexibility index (Phi) is 28.8. The molecule has 0 saturated carbocycles. The highest BCUT2D eigenvalue weighted by Gasteiger charge is 2.29. The minimum atomic E-state index is -0.784.